The van der Waals surface area contributed by atoms with Gasteiger partial charge in [-0.05, 0) is 19.1 Å². The van der Waals surface area contributed by atoms with E-state index in [1.54, 1.807) is 0 Å². The highest BCUT2D eigenvalue weighted by molar-refractivity contribution is 5.41. The molecule has 1 N–H and O–H groups in total. The normalized spacial score (nSPS) is 13.3. The number of aliphatic hydroxyl groups excluding tert-OH is 1. The van der Waals surface area contributed by atoms with E-state index in [4.69, 9.17) is 4.74 Å². The fourth-order valence-electron chi connectivity index (χ4n) is 1.89. The molecule has 0 amide bonds. The standard InChI is InChI=1S/C15H24NO2/c1-13(2)11-18-12-15(17)10-16(3,4)14-8-6-5-7-9-14/h5-9,15,17H,1,10-12H2,2-4H3/q+1. The second-order valence-electron chi connectivity index (χ2n) is 5.33. The van der Waals surface area contributed by atoms with Gasteiger partial charge in [-0.15, -0.1) is 0 Å². The van der Waals surface area contributed by atoms with Crippen molar-refractivity contribution in [2.45, 2.75) is 13.0 Å². The molecule has 18 heavy (non-hydrogen) atoms. The van der Waals surface area contributed by atoms with Crippen LogP contribution >= 0.6 is 0 Å². The summed E-state index contributed by atoms with van der Waals surface area (Å²) in [7, 11) is 4.16. The molecular weight excluding hydrogens is 226 g/mol. The van der Waals surface area contributed by atoms with Crippen molar-refractivity contribution in [1.82, 2.24) is 4.48 Å². The molecule has 0 aliphatic carbocycles. The number of hydrogen-bond donors (Lipinski definition) is 1. The van der Waals surface area contributed by atoms with E-state index in [-0.39, 0.29) is 0 Å². The van der Waals surface area contributed by atoms with Gasteiger partial charge in [0.25, 0.3) is 0 Å². The van der Waals surface area contributed by atoms with Crippen molar-refractivity contribution in [3.63, 3.8) is 0 Å². The summed E-state index contributed by atoms with van der Waals surface area (Å²) in [4.78, 5) is 0. The Kier molecular flexibility index (Phi) is 5.54. The van der Waals surface area contributed by atoms with Gasteiger partial charge >= 0.3 is 0 Å². The highest BCUT2D eigenvalue weighted by atomic mass is 16.5. The van der Waals surface area contributed by atoms with Crippen LogP contribution in [0.2, 0.25) is 0 Å². The van der Waals surface area contributed by atoms with Gasteiger partial charge in [-0.2, -0.15) is 0 Å². The van der Waals surface area contributed by atoms with Crippen molar-refractivity contribution in [3.8, 4) is 0 Å². The molecule has 0 aromatic heterocycles. The molecule has 1 aromatic carbocycles. The molecular formula is C15H24NO2+. The Hall–Kier alpha value is -1.16. The van der Waals surface area contributed by atoms with Gasteiger partial charge in [0, 0.05) is 0 Å². The molecule has 0 aliphatic rings. The maximum atomic E-state index is 9.99. The van der Waals surface area contributed by atoms with E-state index in [0.717, 1.165) is 5.57 Å². The highest BCUT2D eigenvalue weighted by Gasteiger charge is 2.23. The Labute approximate surface area is 110 Å². The Morgan fingerprint density at radius 1 is 1.33 bits per heavy atom. The molecule has 0 saturated carbocycles. The van der Waals surface area contributed by atoms with E-state index in [0.29, 0.717) is 24.2 Å². The van der Waals surface area contributed by atoms with Gasteiger partial charge < -0.3 is 9.84 Å². The molecule has 0 spiro atoms. The Morgan fingerprint density at radius 2 is 1.94 bits per heavy atom. The van der Waals surface area contributed by atoms with Crippen molar-refractivity contribution in [3.05, 3.63) is 42.5 Å². The predicted molar refractivity (Wildman–Crippen MR) is 76.6 cm³/mol. The SMILES string of the molecule is C=C(C)COCC(O)C[N+](C)(C)c1ccccc1. The smallest absolute Gasteiger partial charge is 0.132 e. The van der Waals surface area contributed by atoms with Gasteiger partial charge in [0.1, 0.15) is 18.3 Å². The Bertz CT molecular complexity index is 373. The zero-order valence-electron chi connectivity index (χ0n) is 11.6. The fourth-order valence-corrected chi connectivity index (χ4v) is 1.89. The molecule has 3 heteroatoms. The molecule has 0 bridgehead atoms. The average molecular weight is 250 g/mol. The van der Waals surface area contributed by atoms with Gasteiger partial charge in [-0.25, -0.2) is 0 Å². The maximum Gasteiger partial charge on any atom is 0.132 e. The first-order valence-electron chi connectivity index (χ1n) is 6.20. The molecule has 1 aromatic rings. The van der Waals surface area contributed by atoms with Gasteiger partial charge in [0.15, 0.2) is 0 Å². The lowest BCUT2D eigenvalue weighted by atomic mass is 10.2. The first-order valence-corrected chi connectivity index (χ1v) is 6.20. The quantitative estimate of drug-likeness (QED) is 0.594. The van der Waals surface area contributed by atoms with Crippen LogP contribution in [-0.4, -0.2) is 45.1 Å². The number of likely N-dealkylation sites (N-methyl/N-ethyl adjacent to an activating group) is 1. The van der Waals surface area contributed by atoms with E-state index in [2.05, 4.69) is 32.8 Å². The summed E-state index contributed by atoms with van der Waals surface area (Å²) in [5.74, 6) is 0. The predicted octanol–water partition coefficient (Wildman–Crippen LogP) is 2.21. The van der Waals surface area contributed by atoms with Gasteiger partial charge in [-0.3, -0.25) is 4.48 Å². The summed E-state index contributed by atoms with van der Waals surface area (Å²) < 4.78 is 6.02. The van der Waals surface area contributed by atoms with Gasteiger partial charge in [-0.1, -0.05) is 30.4 Å². The van der Waals surface area contributed by atoms with E-state index < -0.39 is 6.10 Å². The molecule has 3 nitrogen and oxygen atoms in total. The minimum absolute atomic E-state index is 0.349. The number of ether oxygens (including phenoxy) is 1. The Balaban J connectivity index is 2.47. The van der Waals surface area contributed by atoms with Crippen molar-refractivity contribution < 1.29 is 9.84 Å². The Morgan fingerprint density at radius 3 is 2.50 bits per heavy atom. The van der Waals surface area contributed by atoms with Crippen LogP contribution in [0.15, 0.2) is 42.5 Å². The first-order chi connectivity index (χ1) is 8.42. The van der Waals surface area contributed by atoms with Crippen LogP contribution < -0.4 is 4.48 Å². The lowest BCUT2D eigenvalue weighted by molar-refractivity contribution is 0.0336. The average Bonchev–Trinajstić information content (AvgIpc) is 2.29. The van der Waals surface area contributed by atoms with Crippen LogP contribution in [0.25, 0.3) is 0 Å². The van der Waals surface area contributed by atoms with Crippen molar-refractivity contribution in [2.24, 2.45) is 0 Å². The third-order valence-electron chi connectivity index (χ3n) is 2.78. The summed E-state index contributed by atoms with van der Waals surface area (Å²) in [6.07, 6.45) is -0.473. The third kappa shape index (κ3) is 5.00. The number of nitrogens with zero attached hydrogens (tertiary/aromatic N) is 1. The lowest BCUT2D eigenvalue weighted by Gasteiger charge is -2.31. The number of hydrogen-bond acceptors (Lipinski definition) is 2. The lowest BCUT2D eigenvalue weighted by Crippen LogP contribution is -2.47. The summed E-state index contributed by atoms with van der Waals surface area (Å²) >= 11 is 0. The van der Waals surface area contributed by atoms with Crippen LogP contribution in [0.5, 0.6) is 0 Å². The largest absolute Gasteiger partial charge is 0.385 e. The molecule has 0 radical (unpaired) electrons. The number of aliphatic hydroxyl groups is 1. The van der Waals surface area contributed by atoms with Crippen LogP contribution in [0.1, 0.15) is 6.92 Å². The van der Waals surface area contributed by atoms with Crippen LogP contribution in [0, 0.1) is 0 Å². The summed E-state index contributed by atoms with van der Waals surface area (Å²) in [6.45, 7) is 7.16. The van der Waals surface area contributed by atoms with Crippen molar-refractivity contribution in [2.75, 3.05) is 33.9 Å². The van der Waals surface area contributed by atoms with E-state index in [9.17, 15) is 5.11 Å². The summed E-state index contributed by atoms with van der Waals surface area (Å²) in [6, 6.07) is 10.2. The maximum absolute atomic E-state index is 9.99. The van der Waals surface area contributed by atoms with E-state index in [1.165, 1.54) is 5.69 Å². The summed E-state index contributed by atoms with van der Waals surface area (Å²) in [5.41, 5.74) is 2.15. The number of para-hydroxylation sites is 1. The number of rotatable bonds is 7. The van der Waals surface area contributed by atoms with Gasteiger partial charge in [0.2, 0.25) is 0 Å². The second-order valence-corrected chi connectivity index (χ2v) is 5.33. The fraction of sp³-hybridized carbons (Fsp3) is 0.467. The third-order valence-corrected chi connectivity index (χ3v) is 2.78. The van der Waals surface area contributed by atoms with Crippen LogP contribution in [0.4, 0.5) is 5.69 Å². The molecule has 1 atom stereocenters. The molecule has 1 unspecified atom stereocenters. The van der Waals surface area contributed by atoms with Crippen molar-refractivity contribution in [1.29, 1.82) is 0 Å². The van der Waals surface area contributed by atoms with E-state index >= 15 is 0 Å². The van der Waals surface area contributed by atoms with Crippen molar-refractivity contribution >= 4 is 5.69 Å². The molecule has 0 aliphatic heterocycles. The second kappa shape index (κ2) is 6.69. The molecule has 1 rings (SSSR count). The molecule has 0 heterocycles. The minimum Gasteiger partial charge on any atom is -0.385 e. The molecule has 100 valence electrons. The zero-order valence-corrected chi connectivity index (χ0v) is 11.6. The van der Waals surface area contributed by atoms with Gasteiger partial charge in [0.05, 0.1) is 27.3 Å². The highest BCUT2D eigenvalue weighted by Crippen LogP contribution is 2.18. The van der Waals surface area contributed by atoms with Crippen LogP contribution in [-0.2, 0) is 4.74 Å². The summed E-state index contributed by atoms with van der Waals surface area (Å²) in [5, 5.41) is 9.99. The zero-order chi connectivity index (χ0) is 13.6. The molecule has 0 fully saturated rings. The van der Waals surface area contributed by atoms with Crippen LogP contribution in [0.3, 0.4) is 0 Å². The van der Waals surface area contributed by atoms with E-state index in [1.807, 2.05) is 25.1 Å². The number of quaternary nitrogens is 1. The topological polar surface area (TPSA) is 29.5 Å². The monoisotopic (exact) mass is 250 g/mol. The first kappa shape index (κ1) is 14.9. The molecule has 0 saturated heterocycles. The number of benzene rings is 1. The minimum atomic E-state index is -0.473.